The summed E-state index contributed by atoms with van der Waals surface area (Å²) in [6.45, 7) is 4.66. The van der Waals surface area contributed by atoms with Crippen LogP contribution in [0.1, 0.15) is 45.1 Å². The highest BCUT2D eigenvalue weighted by Gasteiger charge is 2.29. The quantitative estimate of drug-likeness (QED) is 0.649. The molecule has 0 bridgehead atoms. The minimum Gasteiger partial charge on any atom is -0.393 e. The van der Waals surface area contributed by atoms with Crippen LogP contribution in [0.15, 0.2) is 18.2 Å². The van der Waals surface area contributed by atoms with Crippen molar-refractivity contribution in [2.75, 3.05) is 23.3 Å². The summed E-state index contributed by atoms with van der Waals surface area (Å²) in [7, 11) is 0. The van der Waals surface area contributed by atoms with E-state index in [-0.39, 0.29) is 18.4 Å². The number of amides is 3. The van der Waals surface area contributed by atoms with Gasteiger partial charge in [-0.25, -0.2) is 0 Å². The lowest BCUT2D eigenvalue weighted by Gasteiger charge is -2.31. The second kappa shape index (κ2) is 8.73. The molecule has 152 valence electrons. The molecule has 0 unspecified atom stereocenters. The summed E-state index contributed by atoms with van der Waals surface area (Å²) < 4.78 is 0. The van der Waals surface area contributed by atoms with Gasteiger partial charge in [0.15, 0.2) is 0 Å². The lowest BCUT2D eigenvalue weighted by molar-refractivity contribution is -0.136. The molecule has 1 aliphatic carbocycles. The summed E-state index contributed by atoms with van der Waals surface area (Å²) in [6.07, 6.45) is 3.90. The lowest BCUT2D eigenvalue weighted by atomic mass is 9.99. The summed E-state index contributed by atoms with van der Waals surface area (Å²) in [5.74, 6) is -1.19. The van der Waals surface area contributed by atoms with Crippen LogP contribution in [-0.2, 0) is 20.8 Å². The van der Waals surface area contributed by atoms with Gasteiger partial charge in [0.1, 0.15) is 0 Å². The summed E-state index contributed by atoms with van der Waals surface area (Å²) in [4.78, 5) is 38.4. The van der Waals surface area contributed by atoms with E-state index in [2.05, 4.69) is 10.6 Å². The number of hydrogen-bond donors (Lipinski definition) is 3. The van der Waals surface area contributed by atoms with E-state index in [1.54, 1.807) is 17.0 Å². The van der Waals surface area contributed by atoms with Crippen LogP contribution in [0.25, 0.3) is 0 Å². The van der Waals surface area contributed by atoms with Gasteiger partial charge in [0, 0.05) is 30.4 Å². The molecule has 1 aromatic carbocycles. The Hall–Kier alpha value is -2.41. The predicted octanol–water partition coefficient (Wildman–Crippen LogP) is 1.84. The van der Waals surface area contributed by atoms with Gasteiger partial charge in [0.2, 0.25) is 5.91 Å². The Morgan fingerprint density at radius 1 is 1.21 bits per heavy atom. The Bertz CT molecular complexity index is 758. The zero-order valence-corrected chi connectivity index (χ0v) is 16.5. The summed E-state index contributed by atoms with van der Waals surface area (Å²) in [5, 5.41) is 15.0. The van der Waals surface area contributed by atoms with E-state index in [0.29, 0.717) is 24.6 Å². The first-order chi connectivity index (χ1) is 13.4. The van der Waals surface area contributed by atoms with E-state index in [0.717, 1.165) is 36.9 Å². The van der Waals surface area contributed by atoms with E-state index in [1.807, 2.05) is 19.9 Å². The number of anilines is 2. The van der Waals surface area contributed by atoms with E-state index < -0.39 is 17.9 Å². The van der Waals surface area contributed by atoms with Gasteiger partial charge in [-0.2, -0.15) is 0 Å². The second-order valence-corrected chi connectivity index (χ2v) is 8.00. The molecule has 7 heteroatoms. The van der Waals surface area contributed by atoms with Gasteiger partial charge in [0.05, 0.1) is 6.10 Å². The molecule has 2 aliphatic rings. The number of hydrogen-bond acceptors (Lipinski definition) is 4. The SMILES string of the molecule is CC(C)C(=O)N1CCCc2ccc(NC(=O)C(=O)NCC[C@H](O)C3CC3)cc21. The summed E-state index contributed by atoms with van der Waals surface area (Å²) in [5.41, 5.74) is 2.35. The molecule has 3 rings (SSSR count). The minimum atomic E-state index is -0.751. The average Bonchev–Trinajstić information content (AvgIpc) is 3.52. The fourth-order valence-corrected chi connectivity index (χ4v) is 3.51. The summed E-state index contributed by atoms with van der Waals surface area (Å²) in [6, 6.07) is 5.41. The van der Waals surface area contributed by atoms with Gasteiger partial charge < -0.3 is 20.6 Å². The maximum atomic E-state index is 12.5. The van der Waals surface area contributed by atoms with Crippen LogP contribution in [0.4, 0.5) is 11.4 Å². The molecule has 0 spiro atoms. The largest absolute Gasteiger partial charge is 0.393 e. The Morgan fingerprint density at radius 2 is 1.96 bits per heavy atom. The number of aliphatic hydroxyl groups is 1. The zero-order chi connectivity index (χ0) is 20.3. The fourth-order valence-electron chi connectivity index (χ4n) is 3.51. The first kappa shape index (κ1) is 20.3. The van der Waals surface area contributed by atoms with Crippen molar-refractivity contribution in [3.05, 3.63) is 23.8 Å². The first-order valence-corrected chi connectivity index (χ1v) is 10.1. The monoisotopic (exact) mass is 387 g/mol. The molecule has 0 radical (unpaired) electrons. The Kier molecular flexibility index (Phi) is 6.34. The van der Waals surface area contributed by atoms with Gasteiger partial charge >= 0.3 is 11.8 Å². The predicted molar refractivity (Wildman–Crippen MR) is 107 cm³/mol. The number of benzene rings is 1. The van der Waals surface area contributed by atoms with Crippen LogP contribution < -0.4 is 15.5 Å². The molecular weight excluding hydrogens is 358 g/mol. The van der Waals surface area contributed by atoms with Crippen molar-refractivity contribution in [3.63, 3.8) is 0 Å². The Morgan fingerprint density at radius 3 is 2.64 bits per heavy atom. The topological polar surface area (TPSA) is 98.7 Å². The first-order valence-electron chi connectivity index (χ1n) is 10.1. The van der Waals surface area contributed by atoms with Crippen LogP contribution in [0.3, 0.4) is 0 Å². The molecule has 1 heterocycles. The molecule has 1 aliphatic heterocycles. The van der Waals surface area contributed by atoms with Crippen LogP contribution in [-0.4, -0.2) is 42.0 Å². The number of nitrogens with zero attached hydrogens (tertiary/aromatic N) is 1. The van der Waals surface area contributed by atoms with Crippen molar-refractivity contribution in [2.24, 2.45) is 11.8 Å². The normalized spacial score (nSPS) is 17.1. The molecule has 0 saturated heterocycles. The van der Waals surface area contributed by atoms with Crippen molar-refractivity contribution in [2.45, 2.75) is 52.1 Å². The molecule has 1 saturated carbocycles. The van der Waals surface area contributed by atoms with Crippen LogP contribution >= 0.6 is 0 Å². The number of carbonyl (C=O) groups excluding carboxylic acids is 3. The smallest absolute Gasteiger partial charge is 0.313 e. The van der Waals surface area contributed by atoms with E-state index >= 15 is 0 Å². The highest BCUT2D eigenvalue weighted by molar-refractivity contribution is 6.39. The number of rotatable bonds is 6. The number of aliphatic hydroxyl groups excluding tert-OH is 1. The molecular formula is C21H29N3O4. The minimum absolute atomic E-state index is 0.0522. The number of carbonyl (C=O) groups is 3. The average molecular weight is 387 g/mol. The molecule has 3 N–H and O–H groups in total. The third kappa shape index (κ3) is 4.90. The molecule has 1 atom stereocenters. The van der Waals surface area contributed by atoms with Crippen LogP contribution in [0.5, 0.6) is 0 Å². The third-order valence-electron chi connectivity index (χ3n) is 5.32. The number of fused-ring (bicyclic) bond motifs is 1. The third-order valence-corrected chi connectivity index (χ3v) is 5.32. The molecule has 0 aromatic heterocycles. The molecule has 1 aromatic rings. The lowest BCUT2D eigenvalue weighted by Crippen LogP contribution is -2.38. The van der Waals surface area contributed by atoms with Crippen molar-refractivity contribution < 1.29 is 19.5 Å². The van der Waals surface area contributed by atoms with Crippen molar-refractivity contribution in [1.82, 2.24) is 5.32 Å². The highest BCUT2D eigenvalue weighted by Crippen LogP contribution is 2.33. The maximum absolute atomic E-state index is 12.5. The highest BCUT2D eigenvalue weighted by atomic mass is 16.3. The van der Waals surface area contributed by atoms with Gasteiger partial charge in [-0.1, -0.05) is 19.9 Å². The van der Waals surface area contributed by atoms with E-state index in [4.69, 9.17) is 0 Å². The van der Waals surface area contributed by atoms with Crippen LogP contribution in [0.2, 0.25) is 0 Å². The second-order valence-electron chi connectivity index (χ2n) is 8.00. The number of aryl methyl sites for hydroxylation is 1. The van der Waals surface area contributed by atoms with Gasteiger partial charge in [-0.15, -0.1) is 0 Å². The van der Waals surface area contributed by atoms with Gasteiger partial charge in [-0.05, 0) is 55.7 Å². The van der Waals surface area contributed by atoms with Crippen molar-refractivity contribution in [3.8, 4) is 0 Å². The zero-order valence-electron chi connectivity index (χ0n) is 16.5. The number of nitrogens with one attached hydrogen (secondary N) is 2. The molecule has 1 fully saturated rings. The van der Waals surface area contributed by atoms with Crippen LogP contribution in [0, 0.1) is 11.8 Å². The van der Waals surface area contributed by atoms with E-state index in [9.17, 15) is 19.5 Å². The standard InChI is InChI=1S/C21H29N3O4/c1-13(2)21(28)24-11-3-4-14-7-8-16(12-17(14)24)23-20(27)19(26)22-10-9-18(25)15-5-6-15/h7-8,12-13,15,18,25H,3-6,9-11H2,1-2H3,(H,22,26)(H,23,27)/t18-/m0/s1. The van der Waals surface area contributed by atoms with Crippen molar-refractivity contribution >= 4 is 29.1 Å². The van der Waals surface area contributed by atoms with Crippen molar-refractivity contribution in [1.29, 1.82) is 0 Å². The maximum Gasteiger partial charge on any atom is 0.313 e. The van der Waals surface area contributed by atoms with Gasteiger partial charge in [-0.3, -0.25) is 14.4 Å². The van der Waals surface area contributed by atoms with Gasteiger partial charge in [0.25, 0.3) is 0 Å². The molecule has 7 nitrogen and oxygen atoms in total. The molecule has 3 amide bonds. The Balaban J connectivity index is 1.59. The Labute approximate surface area is 165 Å². The molecule has 28 heavy (non-hydrogen) atoms. The summed E-state index contributed by atoms with van der Waals surface area (Å²) >= 11 is 0. The van der Waals surface area contributed by atoms with E-state index in [1.165, 1.54) is 0 Å². The fraction of sp³-hybridized carbons (Fsp3) is 0.571.